The molecule has 0 aliphatic rings. The first-order valence-corrected chi connectivity index (χ1v) is 6.57. The van der Waals surface area contributed by atoms with Gasteiger partial charge in [-0.05, 0) is 52.2 Å². The largest absolute Gasteiger partial charge is 0.488 e. The van der Waals surface area contributed by atoms with Gasteiger partial charge in [-0.1, -0.05) is 24.3 Å². The van der Waals surface area contributed by atoms with E-state index in [2.05, 4.69) is 15.9 Å². The van der Waals surface area contributed by atoms with Gasteiger partial charge in [-0.2, -0.15) is 0 Å². The van der Waals surface area contributed by atoms with Gasteiger partial charge in [-0.3, -0.25) is 0 Å². The van der Waals surface area contributed by atoms with Gasteiger partial charge < -0.3 is 9.84 Å². The molecule has 3 nitrogen and oxygen atoms in total. The Bertz CT molecular complexity index is 608. The summed E-state index contributed by atoms with van der Waals surface area (Å²) in [6.07, 6.45) is 0. The van der Waals surface area contributed by atoms with E-state index in [0.29, 0.717) is 12.4 Å². The maximum absolute atomic E-state index is 10.9. The van der Waals surface area contributed by atoms with Crippen LogP contribution in [0.4, 0.5) is 0 Å². The molecule has 0 aliphatic carbocycles. The SMILES string of the molecule is Cc1ccccc1COc1cc(C(=O)O)ccc1Br. The lowest BCUT2D eigenvalue weighted by molar-refractivity contribution is 0.0696. The number of ether oxygens (including phenoxy) is 1. The monoisotopic (exact) mass is 320 g/mol. The van der Waals surface area contributed by atoms with Crippen molar-refractivity contribution in [2.75, 3.05) is 0 Å². The molecule has 0 spiro atoms. The van der Waals surface area contributed by atoms with E-state index in [1.165, 1.54) is 12.1 Å². The van der Waals surface area contributed by atoms with Crippen molar-refractivity contribution in [1.82, 2.24) is 0 Å². The molecule has 0 aliphatic heterocycles. The Morgan fingerprint density at radius 3 is 2.68 bits per heavy atom. The van der Waals surface area contributed by atoms with Crippen molar-refractivity contribution < 1.29 is 14.6 Å². The molecule has 0 saturated carbocycles. The molecule has 0 saturated heterocycles. The molecule has 0 radical (unpaired) electrons. The third kappa shape index (κ3) is 3.35. The fourth-order valence-corrected chi connectivity index (χ4v) is 2.04. The van der Waals surface area contributed by atoms with Gasteiger partial charge in [0.2, 0.25) is 0 Å². The molecule has 0 bridgehead atoms. The maximum atomic E-state index is 10.9. The average molecular weight is 321 g/mol. The Labute approximate surface area is 120 Å². The zero-order valence-electron chi connectivity index (χ0n) is 10.4. The number of rotatable bonds is 4. The van der Waals surface area contributed by atoms with Crippen LogP contribution in [0.5, 0.6) is 5.75 Å². The number of benzene rings is 2. The maximum Gasteiger partial charge on any atom is 0.335 e. The van der Waals surface area contributed by atoms with Crippen molar-refractivity contribution in [3.05, 3.63) is 63.6 Å². The van der Waals surface area contributed by atoms with E-state index < -0.39 is 5.97 Å². The van der Waals surface area contributed by atoms with E-state index in [9.17, 15) is 4.79 Å². The van der Waals surface area contributed by atoms with Gasteiger partial charge in [0.25, 0.3) is 0 Å². The van der Waals surface area contributed by atoms with E-state index >= 15 is 0 Å². The predicted molar refractivity (Wildman–Crippen MR) is 76.6 cm³/mol. The first-order valence-electron chi connectivity index (χ1n) is 5.78. The molecule has 2 aromatic rings. The molecule has 98 valence electrons. The lowest BCUT2D eigenvalue weighted by Crippen LogP contribution is -2.01. The van der Waals surface area contributed by atoms with Crippen molar-refractivity contribution in [2.24, 2.45) is 0 Å². The lowest BCUT2D eigenvalue weighted by atomic mass is 10.1. The van der Waals surface area contributed by atoms with Crippen molar-refractivity contribution in [2.45, 2.75) is 13.5 Å². The third-order valence-electron chi connectivity index (χ3n) is 2.82. The van der Waals surface area contributed by atoms with Crippen LogP contribution < -0.4 is 4.74 Å². The molecule has 0 fully saturated rings. The Balaban J connectivity index is 2.17. The number of aromatic carboxylic acids is 1. The summed E-state index contributed by atoms with van der Waals surface area (Å²) in [4.78, 5) is 10.9. The standard InChI is InChI=1S/C15H13BrO3/c1-10-4-2-3-5-12(10)9-19-14-8-11(15(17)18)6-7-13(14)16/h2-8H,9H2,1H3,(H,17,18). The number of carboxylic acids is 1. The van der Waals surface area contributed by atoms with Gasteiger partial charge in [0.05, 0.1) is 10.0 Å². The van der Waals surface area contributed by atoms with E-state index in [0.717, 1.165) is 15.6 Å². The minimum Gasteiger partial charge on any atom is -0.488 e. The van der Waals surface area contributed by atoms with Crippen LogP contribution in [0.15, 0.2) is 46.9 Å². The molecule has 4 heteroatoms. The lowest BCUT2D eigenvalue weighted by Gasteiger charge is -2.10. The van der Waals surface area contributed by atoms with Crippen LogP contribution in [0.2, 0.25) is 0 Å². The molecule has 0 aromatic heterocycles. The first-order chi connectivity index (χ1) is 9.08. The van der Waals surface area contributed by atoms with Crippen LogP contribution >= 0.6 is 15.9 Å². The van der Waals surface area contributed by atoms with Crippen LogP contribution in [-0.4, -0.2) is 11.1 Å². The summed E-state index contributed by atoms with van der Waals surface area (Å²) >= 11 is 3.35. The highest BCUT2D eigenvalue weighted by molar-refractivity contribution is 9.10. The Hall–Kier alpha value is -1.81. The zero-order valence-corrected chi connectivity index (χ0v) is 12.0. The molecule has 0 amide bonds. The van der Waals surface area contributed by atoms with Crippen molar-refractivity contribution in [1.29, 1.82) is 0 Å². The van der Waals surface area contributed by atoms with Crippen molar-refractivity contribution in [3.63, 3.8) is 0 Å². The van der Waals surface area contributed by atoms with Crippen LogP contribution in [-0.2, 0) is 6.61 Å². The number of carbonyl (C=O) groups is 1. The number of carboxylic acid groups (broad SMARTS) is 1. The molecule has 0 heterocycles. The fraction of sp³-hybridized carbons (Fsp3) is 0.133. The summed E-state index contributed by atoms with van der Waals surface area (Å²) < 4.78 is 6.43. The summed E-state index contributed by atoms with van der Waals surface area (Å²) in [5.74, 6) is -0.434. The summed E-state index contributed by atoms with van der Waals surface area (Å²) in [5.41, 5.74) is 2.44. The number of hydrogen-bond donors (Lipinski definition) is 1. The van der Waals surface area contributed by atoms with E-state index in [-0.39, 0.29) is 5.56 Å². The molecule has 0 atom stereocenters. The van der Waals surface area contributed by atoms with E-state index in [1.807, 2.05) is 31.2 Å². The Kier molecular flexibility index (Phi) is 4.22. The van der Waals surface area contributed by atoms with Crippen LogP contribution in [0, 0.1) is 6.92 Å². The van der Waals surface area contributed by atoms with Gasteiger partial charge >= 0.3 is 5.97 Å². The second-order valence-electron chi connectivity index (χ2n) is 4.17. The Morgan fingerprint density at radius 2 is 2.00 bits per heavy atom. The number of halogens is 1. The third-order valence-corrected chi connectivity index (χ3v) is 3.48. The fourth-order valence-electron chi connectivity index (χ4n) is 1.67. The van der Waals surface area contributed by atoms with Gasteiger partial charge in [0, 0.05) is 0 Å². The van der Waals surface area contributed by atoms with Gasteiger partial charge in [0.15, 0.2) is 0 Å². The number of hydrogen-bond acceptors (Lipinski definition) is 2. The summed E-state index contributed by atoms with van der Waals surface area (Å²) in [7, 11) is 0. The molecule has 0 unspecified atom stereocenters. The molecule has 19 heavy (non-hydrogen) atoms. The second kappa shape index (κ2) is 5.89. The molecule has 2 aromatic carbocycles. The van der Waals surface area contributed by atoms with Gasteiger partial charge in [-0.15, -0.1) is 0 Å². The van der Waals surface area contributed by atoms with Crippen molar-refractivity contribution in [3.8, 4) is 5.75 Å². The van der Waals surface area contributed by atoms with Gasteiger partial charge in [0.1, 0.15) is 12.4 Å². The predicted octanol–water partition coefficient (Wildman–Crippen LogP) is 4.03. The summed E-state index contributed by atoms with van der Waals surface area (Å²) in [6, 6.07) is 12.7. The summed E-state index contributed by atoms with van der Waals surface area (Å²) in [5, 5.41) is 8.96. The van der Waals surface area contributed by atoms with E-state index in [4.69, 9.17) is 9.84 Å². The topological polar surface area (TPSA) is 46.5 Å². The quantitative estimate of drug-likeness (QED) is 0.924. The molecular weight excluding hydrogens is 308 g/mol. The first kappa shape index (κ1) is 13.6. The van der Waals surface area contributed by atoms with Crippen LogP contribution in [0.25, 0.3) is 0 Å². The van der Waals surface area contributed by atoms with Crippen LogP contribution in [0.1, 0.15) is 21.5 Å². The Morgan fingerprint density at radius 1 is 1.26 bits per heavy atom. The summed E-state index contributed by atoms with van der Waals surface area (Å²) in [6.45, 7) is 2.43. The van der Waals surface area contributed by atoms with Crippen molar-refractivity contribution >= 4 is 21.9 Å². The highest BCUT2D eigenvalue weighted by Crippen LogP contribution is 2.27. The molecule has 1 N–H and O–H groups in total. The zero-order chi connectivity index (χ0) is 13.8. The normalized spacial score (nSPS) is 10.2. The second-order valence-corrected chi connectivity index (χ2v) is 5.02. The number of aryl methyl sites for hydroxylation is 1. The minimum absolute atomic E-state index is 0.211. The smallest absolute Gasteiger partial charge is 0.335 e. The van der Waals surface area contributed by atoms with Gasteiger partial charge in [-0.25, -0.2) is 4.79 Å². The minimum atomic E-state index is -0.965. The molecule has 2 rings (SSSR count). The average Bonchev–Trinajstić information content (AvgIpc) is 2.39. The molecular formula is C15H13BrO3. The van der Waals surface area contributed by atoms with Crippen LogP contribution in [0.3, 0.4) is 0 Å². The van der Waals surface area contributed by atoms with E-state index in [1.54, 1.807) is 6.07 Å². The highest BCUT2D eigenvalue weighted by Gasteiger charge is 2.08. The highest BCUT2D eigenvalue weighted by atomic mass is 79.9.